The summed E-state index contributed by atoms with van der Waals surface area (Å²) in [5.41, 5.74) is 1.41. The molecule has 0 fully saturated rings. The number of aryl methyl sites for hydroxylation is 1. The first-order valence-electron chi connectivity index (χ1n) is 6.37. The Kier molecular flexibility index (Phi) is 3.21. The SMILES string of the molecule is Cn1cccc1C(=O)COc1cccc2cccnc12. The molecule has 0 aliphatic rings. The molecule has 0 bridgehead atoms. The summed E-state index contributed by atoms with van der Waals surface area (Å²) in [5.74, 6) is 0.580. The van der Waals surface area contributed by atoms with E-state index in [0.717, 1.165) is 10.9 Å². The lowest BCUT2D eigenvalue weighted by Crippen LogP contribution is -2.14. The van der Waals surface area contributed by atoms with Gasteiger partial charge in [-0.25, -0.2) is 0 Å². The van der Waals surface area contributed by atoms with Crippen LogP contribution in [0.1, 0.15) is 10.5 Å². The number of aromatic nitrogens is 2. The summed E-state index contributed by atoms with van der Waals surface area (Å²) >= 11 is 0. The number of nitrogens with zero attached hydrogens (tertiary/aromatic N) is 2. The van der Waals surface area contributed by atoms with Crippen LogP contribution >= 0.6 is 0 Å². The van der Waals surface area contributed by atoms with Crippen molar-refractivity contribution in [1.29, 1.82) is 0 Å². The maximum absolute atomic E-state index is 12.1. The molecule has 0 aliphatic heterocycles. The average molecular weight is 266 g/mol. The summed E-state index contributed by atoms with van der Waals surface area (Å²) in [5, 5.41) is 0.997. The molecule has 1 aromatic carbocycles. The van der Waals surface area contributed by atoms with Gasteiger partial charge in [-0.3, -0.25) is 9.78 Å². The summed E-state index contributed by atoms with van der Waals surface area (Å²) in [6.07, 6.45) is 3.56. The minimum atomic E-state index is -0.0505. The van der Waals surface area contributed by atoms with E-state index in [1.165, 1.54) is 0 Å². The number of rotatable bonds is 4. The number of carbonyl (C=O) groups is 1. The van der Waals surface area contributed by atoms with E-state index in [1.54, 1.807) is 16.8 Å². The fourth-order valence-corrected chi connectivity index (χ4v) is 2.16. The molecule has 0 radical (unpaired) electrons. The van der Waals surface area contributed by atoms with Crippen LogP contribution in [0.5, 0.6) is 5.75 Å². The normalized spacial score (nSPS) is 10.7. The number of pyridine rings is 1. The van der Waals surface area contributed by atoms with Crippen LogP contribution in [0, 0.1) is 0 Å². The molecule has 0 saturated carbocycles. The van der Waals surface area contributed by atoms with Crippen LogP contribution in [-0.4, -0.2) is 21.9 Å². The Morgan fingerprint density at radius 2 is 2.05 bits per heavy atom. The summed E-state index contributed by atoms with van der Waals surface area (Å²) in [4.78, 5) is 16.4. The molecule has 4 nitrogen and oxygen atoms in total. The Labute approximate surface area is 116 Å². The second-order valence-corrected chi connectivity index (χ2v) is 4.55. The Bertz CT molecular complexity index is 757. The first-order chi connectivity index (χ1) is 9.75. The molecule has 0 unspecified atom stereocenters. The third-order valence-corrected chi connectivity index (χ3v) is 3.18. The molecule has 0 spiro atoms. The van der Waals surface area contributed by atoms with Gasteiger partial charge in [0, 0.05) is 24.8 Å². The molecule has 0 aliphatic carbocycles. The van der Waals surface area contributed by atoms with Gasteiger partial charge in [-0.2, -0.15) is 0 Å². The van der Waals surface area contributed by atoms with Gasteiger partial charge in [0.15, 0.2) is 6.61 Å². The second kappa shape index (κ2) is 5.17. The molecule has 0 N–H and O–H groups in total. The maximum Gasteiger partial charge on any atom is 0.216 e. The van der Waals surface area contributed by atoms with Crippen LogP contribution in [0.15, 0.2) is 54.9 Å². The van der Waals surface area contributed by atoms with Gasteiger partial charge in [0.1, 0.15) is 11.3 Å². The van der Waals surface area contributed by atoms with E-state index in [-0.39, 0.29) is 12.4 Å². The number of benzene rings is 1. The smallest absolute Gasteiger partial charge is 0.216 e. The summed E-state index contributed by atoms with van der Waals surface area (Å²) in [6, 6.07) is 13.2. The van der Waals surface area contributed by atoms with Gasteiger partial charge in [0.2, 0.25) is 5.78 Å². The molecule has 4 heteroatoms. The molecule has 2 aromatic heterocycles. The highest BCUT2D eigenvalue weighted by Crippen LogP contribution is 2.23. The highest BCUT2D eigenvalue weighted by Gasteiger charge is 2.11. The van der Waals surface area contributed by atoms with Crippen molar-refractivity contribution in [2.24, 2.45) is 7.05 Å². The third-order valence-electron chi connectivity index (χ3n) is 3.18. The first-order valence-corrected chi connectivity index (χ1v) is 6.37. The van der Waals surface area contributed by atoms with Crippen LogP contribution in [0.4, 0.5) is 0 Å². The minimum Gasteiger partial charge on any atom is -0.483 e. The lowest BCUT2D eigenvalue weighted by Gasteiger charge is -2.08. The van der Waals surface area contributed by atoms with Crippen molar-refractivity contribution in [2.45, 2.75) is 0 Å². The van der Waals surface area contributed by atoms with Crippen LogP contribution in [0.3, 0.4) is 0 Å². The molecule has 3 aromatic rings. The molecule has 0 amide bonds. The summed E-state index contributed by atoms with van der Waals surface area (Å²) in [6.45, 7) is 0.00748. The summed E-state index contributed by atoms with van der Waals surface area (Å²) < 4.78 is 7.42. The fraction of sp³-hybridized carbons (Fsp3) is 0.125. The van der Waals surface area contributed by atoms with Crippen LogP contribution in [0.2, 0.25) is 0 Å². The largest absolute Gasteiger partial charge is 0.483 e. The Hall–Kier alpha value is -2.62. The summed E-state index contributed by atoms with van der Waals surface area (Å²) in [7, 11) is 1.84. The molecule has 100 valence electrons. The number of hydrogen-bond donors (Lipinski definition) is 0. The second-order valence-electron chi connectivity index (χ2n) is 4.55. The molecule has 2 heterocycles. The number of ether oxygens (including phenoxy) is 1. The lowest BCUT2D eigenvalue weighted by molar-refractivity contribution is 0.0914. The number of fused-ring (bicyclic) bond motifs is 1. The number of hydrogen-bond acceptors (Lipinski definition) is 3. The topological polar surface area (TPSA) is 44.1 Å². The van der Waals surface area contributed by atoms with Gasteiger partial charge in [-0.15, -0.1) is 0 Å². The molecular formula is C16H14N2O2. The highest BCUT2D eigenvalue weighted by atomic mass is 16.5. The highest BCUT2D eigenvalue weighted by molar-refractivity contribution is 5.96. The predicted molar refractivity (Wildman–Crippen MR) is 77.0 cm³/mol. The standard InChI is InChI=1S/C16H14N2O2/c1-18-10-4-7-13(18)14(19)11-20-15-8-2-5-12-6-3-9-17-16(12)15/h2-10H,11H2,1H3. The molecular weight excluding hydrogens is 252 g/mol. The average Bonchev–Trinajstić information content (AvgIpc) is 2.91. The molecule has 20 heavy (non-hydrogen) atoms. The van der Waals surface area contributed by atoms with E-state index in [4.69, 9.17) is 4.74 Å². The van der Waals surface area contributed by atoms with Crippen LogP contribution in [-0.2, 0) is 7.05 Å². The number of carbonyl (C=O) groups excluding carboxylic acids is 1. The van der Waals surface area contributed by atoms with Crippen molar-refractivity contribution in [1.82, 2.24) is 9.55 Å². The van der Waals surface area contributed by atoms with Gasteiger partial charge in [0.05, 0.1) is 5.69 Å². The lowest BCUT2D eigenvalue weighted by atomic mass is 10.2. The fourth-order valence-electron chi connectivity index (χ4n) is 2.16. The van der Waals surface area contributed by atoms with Crippen molar-refractivity contribution in [2.75, 3.05) is 6.61 Å². The Morgan fingerprint density at radius 1 is 1.20 bits per heavy atom. The first kappa shape index (κ1) is 12.4. The van der Waals surface area contributed by atoms with Crippen molar-refractivity contribution in [3.8, 4) is 5.75 Å². The van der Waals surface area contributed by atoms with Gasteiger partial charge >= 0.3 is 0 Å². The molecule has 0 saturated heterocycles. The van der Waals surface area contributed by atoms with Crippen LogP contribution < -0.4 is 4.74 Å². The van der Waals surface area contributed by atoms with E-state index in [9.17, 15) is 4.79 Å². The quantitative estimate of drug-likeness (QED) is 0.682. The van der Waals surface area contributed by atoms with Crippen molar-refractivity contribution < 1.29 is 9.53 Å². The van der Waals surface area contributed by atoms with E-state index < -0.39 is 0 Å². The van der Waals surface area contributed by atoms with Gasteiger partial charge in [-0.05, 0) is 24.3 Å². The van der Waals surface area contributed by atoms with E-state index in [1.807, 2.05) is 49.6 Å². The van der Waals surface area contributed by atoms with Gasteiger partial charge < -0.3 is 9.30 Å². The Morgan fingerprint density at radius 3 is 2.85 bits per heavy atom. The van der Waals surface area contributed by atoms with Crippen LogP contribution in [0.25, 0.3) is 10.9 Å². The van der Waals surface area contributed by atoms with Crippen molar-refractivity contribution >= 4 is 16.7 Å². The van der Waals surface area contributed by atoms with Crippen molar-refractivity contribution in [3.63, 3.8) is 0 Å². The molecule has 3 rings (SSSR count). The zero-order valence-corrected chi connectivity index (χ0v) is 11.1. The number of para-hydroxylation sites is 1. The monoisotopic (exact) mass is 266 g/mol. The zero-order chi connectivity index (χ0) is 13.9. The van der Waals surface area contributed by atoms with Gasteiger partial charge in [-0.1, -0.05) is 18.2 Å². The van der Waals surface area contributed by atoms with Gasteiger partial charge in [0.25, 0.3) is 0 Å². The number of Topliss-reactive ketones (excluding diaryl/α,β-unsaturated/α-hetero) is 1. The number of ketones is 1. The predicted octanol–water partition coefficient (Wildman–Crippen LogP) is 2.84. The zero-order valence-electron chi connectivity index (χ0n) is 11.1. The van der Waals surface area contributed by atoms with E-state index in [2.05, 4.69) is 4.98 Å². The Balaban J connectivity index is 1.81. The van der Waals surface area contributed by atoms with Crippen molar-refractivity contribution in [3.05, 3.63) is 60.6 Å². The third kappa shape index (κ3) is 2.28. The van der Waals surface area contributed by atoms with E-state index in [0.29, 0.717) is 11.4 Å². The van der Waals surface area contributed by atoms with E-state index >= 15 is 0 Å². The minimum absolute atomic E-state index is 0.00748. The maximum atomic E-state index is 12.1. The molecule has 0 atom stereocenters.